The minimum absolute atomic E-state index is 0.0968. The molecule has 2 aromatic rings. The molecule has 4 heterocycles. The molecule has 0 unspecified atom stereocenters. The Morgan fingerprint density at radius 1 is 1.23 bits per heavy atom. The third-order valence-corrected chi connectivity index (χ3v) is 5.33. The molecule has 0 spiro atoms. The first-order valence-corrected chi connectivity index (χ1v) is 8.59. The van der Waals surface area contributed by atoms with Crippen molar-refractivity contribution < 1.29 is 4.79 Å². The van der Waals surface area contributed by atoms with Crippen molar-refractivity contribution in [2.24, 2.45) is 0 Å². The monoisotopic (exact) mass is 314 g/mol. The van der Waals surface area contributed by atoms with Crippen LogP contribution in [0.2, 0.25) is 0 Å². The minimum atomic E-state index is 0.0968. The van der Waals surface area contributed by atoms with Gasteiger partial charge in [0.05, 0.1) is 5.51 Å². The summed E-state index contributed by atoms with van der Waals surface area (Å²) in [4.78, 5) is 25.3. The van der Waals surface area contributed by atoms with E-state index in [0.717, 1.165) is 32.5 Å². The van der Waals surface area contributed by atoms with Crippen molar-refractivity contribution in [2.75, 3.05) is 13.1 Å². The Hall–Kier alpha value is -1.79. The minimum Gasteiger partial charge on any atom is -0.333 e. The summed E-state index contributed by atoms with van der Waals surface area (Å²) in [6.45, 7) is 2.85. The Kier molecular flexibility index (Phi) is 3.63. The van der Waals surface area contributed by atoms with Crippen LogP contribution in [0.5, 0.6) is 0 Å². The van der Waals surface area contributed by atoms with Crippen molar-refractivity contribution in [3.8, 4) is 0 Å². The fourth-order valence-corrected chi connectivity index (χ4v) is 4.24. The van der Waals surface area contributed by atoms with Gasteiger partial charge in [0, 0.05) is 49.5 Å². The highest BCUT2D eigenvalue weighted by Gasteiger charge is 2.44. The number of pyridine rings is 1. The van der Waals surface area contributed by atoms with Gasteiger partial charge in [0.25, 0.3) is 5.91 Å². The Bertz CT molecular complexity index is 645. The highest BCUT2D eigenvalue weighted by Crippen LogP contribution is 2.33. The van der Waals surface area contributed by atoms with Gasteiger partial charge in [-0.05, 0) is 30.5 Å². The van der Waals surface area contributed by atoms with E-state index >= 15 is 0 Å². The molecular weight excluding hydrogens is 296 g/mol. The quantitative estimate of drug-likeness (QED) is 0.870. The summed E-state index contributed by atoms with van der Waals surface area (Å²) in [5.74, 6) is 0.0968. The number of likely N-dealkylation sites (tertiary alicyclic amines) is 2. The van der Waals surface area contributed by atoms with Crippen LogP contribution in [0.1, 0.15) is 28.9 Å². The fourth-order valence-electron chi connectivity index (χ4n) is 3.71. The molecule has 5 nitrogen and oxygen atoms in total. The van der Waals surface area contributed by atoms with E-state index in [1.54, 1.807) is 5.51 Å². The lowest BCUT2D eigenvalue weighted by molar-refractivity contribution is 0.0727. The standard InChI is InChI=1S/C16H18N4OS/c21-16(13-10-22-11-18-13)20-8-4-14-15(20)3-7-19(14)9-12-1-5-17-6-2-12/h1-2,5-6,10-11,14-15H,3-4,7-9H2/t14-,15+/m1/s1. The summed E-state index contributed by atoms with van der Waals surface area (Å²) in [6, 6.07) is 4.97. The molecule has 2 saturated heterocycles. The number of thiazole rings is 1. The number of rotatable bonds is 3. The molecule has 2 atom stereocenters. The molecule has 0 bridgehead atoms. The van der Waals surface area contributed by atoms with Crippen molar-refractivity contribution in [3.05, 3.63) is 46.7 Å². The SMILES string of the molecule is O=C(c1cscn1)N1CC[C@@H]2[C@@H]1CCN2Cc1ccncc1. The zero-order chi connectivity index (χ0) is 14.9. The second kappa shape index (κ2) is 5.78. The largest absolute Gasteiger partial charge is 0.333 e. The van der Waals surface area contributed by atoms with E-state index in [4.69, 9.17) is 0 Å². The van der Waals surface area contributed by atoms with Crippen LogP contribution in [-0.2, 0) is 6.54 Å². The lowest BCUT2D eigenvalue weighted by Gasteiger charge is -2.25. The van der Waals surface area contributed by atoms with E-state index in [0.29, 0.717) is 17.8 Å². The number of nitrogens with zero attached hydrogens (tertiary/aromatic N) is 4. The predicted molar refractivity (Wildman–Crippen MR) is 84.6 cm³/mol. The molecule has 1 amide bonds. The summed E-state index contributed by atoms with van der Waals surface area (Å²) in [6.07, 6.45) is 5.81. The summed E-state index contributed by atoms with van der Waals surface area (Å²) in [7, 11) is 0. The summed E-state index contributed by atoms with van der Waals surface area (Å²) in [5, 5.41) is 1.85. The maximum Gasteiger partial charge on any atom is 0.273 e. The molecule has 114 valence electrons. The van der Waals surface area contributed by atoms with Crippen LogP contribution in [0.3, 0.4) is 0 Å². The topological polar surface area (TPSA) is 49.3 Å². The van der Waals surface area contributed by atoms with Crippen molar-refractivity contribution >= 4 is 17.2 Å². The average molecular weight is 314 g/mol. The van der Waals surface area contributed by atoms with Crippen LogP contribution >= 0.6 is 11.3 Å². The Labute approximate surface area is 133 Å². The Balaban J connectivity index is 1.46. The summed E-state index contributed by atoms with van der Waals surface area (Å²) in [5.41, 5.74) is 3.61. The number of aromatic nitrogens is 2. The second-order valence-corrected chi connectivity index (χ2v) is 6.63. The molecule has 0 N–H and O–H groups in total. The van der Waals surface area contributed by atoms with Crippen LogP contribution in [0.4, 0.5) is 0 Å². The van der Waals surface area contributed by atoms with E-state index in [9.17, 15) is 4.79 Å². The molecule has 22 heavy (non-hydrogen) atoms. The first-order valence-electron chi connectivity index (χ1n) is 7.65. The first kappa shape index (κ1) is 13.8. The summed E-state index contributed by atoms with van der Waals surface area (Å²) < 4.78 is 0. The third-order valence-electron chi connectivity index (χ3n) is 4.74. The first-order chi connectivity index (χ1) is 10.8. The molecule has 4 rings (SSSR count). The van der Waals surface area contributed by atoms with E-state index in [1.165, 1.54) is 16.9 Å². The maximum absolute atomic E-state index is 12.6. The Morgan fingerprint density at radius 3 is 2.82 bits per heavy atom. The second-order valence-electron chi connectivity index (χ2n) is 5.91. The molecule has 2 fully saturated rings. The smallest absolute Gasteiger partial charge is 0.273 e. The molecule has 2 aliphatic rings. The zero-order valence-corrected chi connectivity index (χ0v) is 13.1. The molecule has 0 saturated carbocycles. The van der Waals surface area contributed by atoms with Crippen molar-refractivity contribution in [3.63, 3.8) is 0 Å². The number of amides is 1. The van der Waals surface area contributed by atoms with Crippen LogP contribution in [0, 0.1) is 0 Å². The fraction of sp³-hybridized carbons (Fsp3) is 0.438. The highest BCUT2D eigenvalue weighted by atomic mass is 32.1. The van der Waals surface area contributed by atoms with Gasteiger partial charge in [-0.1, -0.05) is 0 Å². The molecule has 0 aromatic carbocycles. The number of fused-ring (bicyclic) bond motifs is 1. The molecular formula is C16H18N4OS. The summed E-state index contributed by atoms with van der Waals surface area (Å²) >= 11 is 1.48. The maximum atomic E-state index is 12.6. The van der Waals surface area contributed by atoms with E-state index < -0.39 is 0 Å². The van der Waals surface area contributed by atoms with Crippen molar-refractivity contribution in [2.45, 2.75) is 31.5 Å². The van der Waals surface area contributed by atoms with E-state index in [2.05, 4.69) is 27.0 Å². The van der Waals surface area contributed by atoms with Gasteiger partial charge >= 0.3 is 0 Å². The van der Waals surface area contributed by atoms with Gasteiger partial charge < -0.3 is 4.90 Å². The average Bonchev–Trinajstić information content (AvgIpc) is 3.26. The lowest BCUT2D eigenvalue weighted by Crippen LogP contribution is -2.39. The van der Waals surface area contributed by atoms with Gasteiger partial charge in [0.15, 0.2) is 0 Å². The number of hydrogen-bond acceptors (Lipinski definition) is 5. The van der Waals surface area contributed by atoms with Gasteiger partial charge in [-0.2, -0.15) is 0 Å². The van der Waals surface area contributed by atoms with Crippen LogP contribution < -0.4 is 0 Å². The molecule has 6 heteroatoms. The highest BCUT2D eigenvalue weighted by molar-refractivity contribution is 7.07. The molecule has 2 aliphatic heterocycles. The normalized spacial score (nSPS) is 24.6. The molecule has 2 aromatic heterocycles. The van der Waals surface area contributed by atoms with Gasteiger partial charge in [0.1, 0.15) is 5.69 Å². The lowest BCUT2D eigenvalue weighted by atomic mass is 10.1. The predicted octanol–water partition coefficient (Wildman–Crippen LogP) is 2.03. The van der Waals surface area contributed by atoms with Crippen molar-refractivity contribution in [1.82, 2.24) is 19.8 Å². The Morgan fingerprint density at radius 2 is 2.05 bits per heavy atom. The van der Waals surface area contributed by atoms with Gasteiger partial charge in [-0.3, -0.25) is 14.7 Å². The van der Waals surface area contributed by atoms with Gasteiger partial charge in [-0.25, -0.2) is 4.98 Å². The van der Waals surface area contributed by atoms with Crippen LogP contribution in [0.15, 0.2) is 35.4 Å². The number of carbonyl (C=O) groups excluding carboxylic acids is 1. The van der Waals surface area contributed by atoms with Crippen molar-refractivity contribution in [1.29, 1.82) is 0 Å². The van der Waals surface area contributed by atoms with Gasteiger partial charge in [0.2, 0.25) is 0 Å². The zero-order valence-electron chi connectivity index (χ0n) is 12.3. The van der Waals surface area contributed by atoms with Crippen LogP contribution in [-0.4, -0.2) is 50.8 Å². The molecule has 0 radical (unpaired) electrons. The van der Waals surface area contributed by atoms with E-state index in [1.807, 2.05) is 22.7 Å². The third kappa shape index (κ3) is 2.42. The number of hydrogen-bond donors (Lipinski definition) is 0. The van der Waals surface area contributed by atoms with E-state index in [-0.39, 0.29) is 5.91 Å². The van der Waals surface area contributed by atoms with Crippen LogP contribution in [0.25, 0.3) is 0 Å². The molecule has 0 aliphatic carbocycles. The number of carbonyl (C=O) groups is 1. The van der Waals surface area contributed by atoms with Gasteiger partial charge in [-0.15, -0.1) is 11.3 Å².